The fraction of sp³-hybridized carbons (Fsp3) is 0.462. The highest BCUT2D eigenvalue weighted by Gasteiger charge is 2.39. The molecule has 1 amide bonds. The molecule has 2 N–H and O–H groups in total. The smallest absolute Gasteiger partial charge is 0.261 e. The Hall–Kier alpha value is -1.44. The van der Waals surface area contributed by atoms with E-state index in [1.807, 2.05) is 6.92 Å². The van der Waals surface area contributed by atoms with Crippen molar-refractivity contribution in [3.8, 4) is 0 Å². The van der Waals surface area contributed by atoms with Gasteiger partial charge in [-0.3, -0.25) is 10.0 Å². The summed E-state index contributed by atoms with van der Waals surface area (Å²) in [7, 11) is -3.71. The molecule has 0 aromatic heterocycles. The third-order valence-electron chi connectivity index (χ3n) is 3.55. The molecule has 0 radical (unpaired) electrons. The number of rotatable bonds is 4. The Morgan fingerprint density at radius 1 is 1.40 bits per heavy atom. The Labute approximate surface area is 118 Å². The number of hydroxylamine groups is 1. The molecule has 7 heteroatoms. The van der Waals surface area contributed by atoms with Crippen LogP contribution in [0.15, 0.2) is 29.2 Å². The van der Waals surface area contributed by atoms with Crippen molar-refractivity contribution in [2.24, 2.45) is 0 Å². The molecular formula is C13H18N2O4S. The molecule has 1 aromatic carbocycles. The van der Waals surface area contributed by atoms with Gasteiger partial charge >= 0.3 is 0 Å². The monoisotopic (exact) mass is 298 g/mol. The first-order chi connectivity index (χ1) is 9.50. The van der Waals surface area contributed by atoms with Crippen molar-refractivity contribution in [2.75, 3.05) is 6.54 Å². The molecule has 20 heavy (non-hydrogen) atoms. The molecule has 1 saturated heterocycles. The van der Waals surface area contributed by atoms with E-state index in [-0.39, 0.29) is 11.4 Å². The van der Waals surface area contributed by atoms with Crippen molar-refractivity contribution in [1.82, 2.24) is 9.79 Å². The molecular weight excluding hydrogens is 280 g/mol. The first kappa shape index (κ1) is 15.0. The molecule has 1 heterocycles. The number of sulfonamides is 1. The average Bonchev–Trinajstić information content (AvgIpc) is 2.96. The van der Waals surface area contributed by atoms with Crippen LogP contribution in [0.4, 0.5) is 0 Å². The Morgan fingerprint density at radius 2 is 2.05 bits per heavy atom. The van der Waals surface area contributed by atoms with Crippen molar-refractivity contribution in [1.29, 1.82) is 0 Å². The number of amides is 1. The number of aryl methyl sites for hydroxylation is 1. The van der Waals surface area contributed by atoms with Gasteiger partial charge < -0.3 is 0 Å². The largest absolute Gasteiger partial charge is 0.289 e. The Bertz CT molecular complexity index is 583. The maximum atomic E-state index is 12.5. The van der Waals surface area contributed by atoms with E-state index in [0.29, 0.717) is 12.8 Å². The van der Waals surface area contributed by atoms with Gasteiger partial charge in [0.15, 0.2) is 0 Å². The maximum absolute atomic E-state index is 12.5. The van der Waals surface area contributed by atoms with Crippen molar-refractivity contribution in [3.05, 3.63) is 29.8 Å². The van der Waals surface area contributed by atoms with Gasteiger partial charge in [0.2, 0.25) is 10.0 Å². The van der Waals surface area contributed by atoms with Gasteiger partial charge in [-0.1, -0.05) is 19.1 Å². The molecule has 0 aliphatic carbocycles. The van der Waals surface area contributed by atoms with Crippen LogP contribution in [0.3, 0.4) is 0 Å². The van der Waals surface area contributed by atoms with E-state index in [0.717, 1.165) is 16.3 Å². The fourth-order valence-electron chi connectivity index (χ4n) is 2.40. The van der Waals surface area contributed by atoms with E-state index >= 15 is 0 Å². The number of carbonyl (C=O) groups excluding carboxylic acids is 1. The van der Waals surface area contributed by atoms with Gasteiger partial charge in [0.1, 0.15) is 6.04 Å². The summed E-state index contributed by atoms with van der Waals surface area (Å²) in [4.78, 5) is 11.7. The highest BCUT2D eigenvalue weighted by Crippen LogP contribution is 2.26. The minimum atomic E-state index is -3.71. The predicted molar refractivity (Wildman–Crippen MR) is 72.7 cm³/mol. The van der Waals surface area contributed by atoms with Gasteiger partial charge in [-0.05, 0) is 37.0 Å². The summed E-state index contributed by atoms with van der Waals surface area (Å²) >= 11 is 0. The lowest BCUT2D eigenvalue weighted by molar-refractivity contribution is -0.132. The molecule has 0 saturated carbocycles. The van der Waals surface area contributed by atoms with Crippen LogP contribution in [0.1, 0.15) is 25.3 Å². The number of hydrogen-bond acceptors (Lipinski definition) is 4. The quantitative estimate of drug-likeness (QED) is 0.639. The molecule has 1 atom stereocenters. The van der Waals surface area contributed by atoms with Gasteiger partial charge in [0.25, 0.3) is 5.91 Å². The van der Waals surface area contributed by atoms with Crippen LogP contribution in [0.25, 0.3) is 0 Å². The second-order valence-electron chi connectivity index (χ2n) is 4.75. The van der Waals surface area contributed by atoms with Crippen LogP contribution in [0.2, 0.25) is 0 Å². The predicted octanol–water partition coefficient (Wildman–Crippen LogP) is 0.907. The topological polar surface area (TPSA) is 86.7 Å². The molecule has 6 nitrogen and oxygen atoms in total. The Balaban J connectivity index is 2.31. The van der Waals surface area contributed by atoms with Crippen LogP contribution >= 0.6 is 0 Å². The lowest BCUT2D eigenvalue weighted by Crippen LogP contribution is -2.44. The standard InChI is InChI=1S/C13H18N2O4S/c1-2-10-5-7-11(8-6-10)20(18,19)15-9-3-4-12(15)13(16)14-17/h5-8,12,17H,2-4,9H2,1H3,(H,14,16). The van der Waals surface area contributed by atoms with Gasteiger partial charge in [-0.15, -0.1) is 0 Å². The molecule has 0 spiro atoms. The summed E-state index contributed by atoms with van der Waals surface area (Å²) in [6.07, 6.45) is 1.85. The molecule has 1 aliphatic heterocycles. The van der Waals surface area contributed by atoms with E-state index in [1.165, 1.54) is 5.48 Å². The molecule has 1 fully saturated rings. The van der Waals surface area contributed by atoms with Gasteiger partial charge in [0.05, 0.1) is 4.90 Å². The summed E-state index contributed by atoms with van der Waals surface area (Å²) < 4.78 is 26.2. The summed E-state index contributed by atoms with van der Waals surface area (Å²) in [6.45, 7) is 2.28. The Kier molecular flexibility index (Phi) is 4.42. The number of nitrogens with one attached hydrogen (secondary N) is 1. The molecule has 2 rings (SSSR count). The highest BCUT2D eigenvalue weighted by molar-refractivity contribution is 7.89. The third kappa shape index (κ3) is 2.70. The average molecular weight is 298 g/mol. The van der Waals surface area contributed by atoms with Crippen LogP contribution in [-0.2, 0) is 21.2 Å². The number of nitrogens with zero attached hydrogens (tertiary/aromatic N) is 1. The van der Waals surface area contributed by atoms with Gasteiger partial charge in [-0.25, -0.2) is 13.9 Å². The SMILES string of the molecule is CCc1ccc(S(=O)(=O)N2CCCC2C(=O)NO)cc1. The number of carbonyl (C=O) groups is 1. The highest BCUT2D eigenvalue weighted by atomic mass is 32.2. The molecule has 1 aromatic rings. The van der Waals surface area contributed by atoms with E-state index in [1.54, 1.807) is 24.3 Å². The molecule has 110 valence electrons. The molecule has 1 unspecified atom stereocenters. The van der Waals surface area contributed by atoms with Crippen LogP contribution in [0.5, 0.6) is 0 Å². The van der Waals surface area contributed by atoms with Gasteiger partial charge in [0, 0.05) is 6.54 Å². The fourth-order valence-corrected chi connectivity index (χ4v) is 4.05. The zero-order valence-electron chi connectivity index (χ0n) is 11.2. The summed E-state index contributed by atoms with van der Waals surface area (Å²) in [5.41, 5.74) is 2.58. The lowest BCUT2D eigenvalue weighted by Gasteiger charge is -2.22. The van der Waals surface area contributed by atoms with Gasteiger partial charge in [-0.2, -0.15) is 4.31 Å². The minimum absolute atomic E-state index is 0.173. The normalized spacial score (nSPS) is 20.0. The summed E-state index contributed by atoms with van der Waals surface area (Å²) in [5, 5.41) is 8.70. The Morgan fingerprint density at radius 3 is 2.60 bits per heavy atom. The van der Waals surface area contributed by atoms with Crippen molar-refractivity contribution in [2.45, 2.75) is 37.1 Å². The first-order valence-corrected chi connectivity index (χ1v) is 7.99. The lowest BCUT2D eigenvalue weighted by atomic mass is 10.2. The summed E-state index contributed by atoms with van der Waals surface area (Å²) in [6, 6.07) is 5.81. The van der Waals surface area contributed by atoms with Crippen molar-refractivity contribution < 1.29 is 18.4 Å². The van der Waals surface area contributed by atoms with E-state index < -0.39 is 22.0 Å². The van der Waals surface area contributed by atoms with Crippen LogP contribution in [-0.4, -0.2) is 36.4 Å². The zero-order valence-corrected chi connectivity index (χ0v) is 12.1. The molecule has 1 aliphatic rings. The van der Waals surface area contributed by atoms with E-state index in [9.17, 15) is 13.2 Å². The minimum Gasteiger partial charge on any atom is -0.289 e. The van der Waals surface area contributed by atoms with E-state index in [4.69, 9.17) is 5.21 Å². The van der Waals surface area contributed by atoms with Crippen molar-refractivity contribution in [3.63, 3.8) is 0 Å². The van der Waals surface area contributed by atoms with E-state index in [2.05, 4.69) is 0 Å². The third-order valence-corrected chi connectivity index (χ3v) is 5.48. The van der Waals surface area contributed by atoms with Crippen LogP contribution < -0.4 is 5.48 Å². The second-order valence-corrected chi connectivity index (χ2v) is 6.64. The second kappa shape index (κ2) is 5.90. The number of benzene rings is 1. The maximum Gasteiger partial charge on any atom is 0.261 e. The first-order valence-electron chi connectivity index (χ1n) is 6.55. The zero-order chi connectivity index (χ0) is 14.8. The summed E-state index contributed by atoms with van der Waals surface area (Å²) in [5.74, 6) is -0.684. The molecule has 0 bridgehead atoms. The number of hydrogen-bond donors (Lipinski definition) is 2. The van der Waals surface area contributed by atoms with Crippen molar-refractivity contribution >= 4 is 15.9 Å². The van der Waals surface area contributed by atoms with Crippen LogP contribution in [0, 0.1) is 0 Å².